The zero-order valence-electron chi connectivity index (χ0n) is 12.0. The lowest BCUT2D eigenvalue weighted by molar-refractivity contribution is -0.137. The van der Waals surface area contributed by atoms with Gasteiger partial charge in [-0.25, -0.2) is 8.78 Å². The van der Waals surface area contributed by atoms with E-state index < -0.39 is 30.6 Å². The molecule has 1 saturated heterocycles. The van der Waals surface area contributed by atoms with Crippen molar-refractivity contribution in [2.75, 3.05) is 26.2 Å². The van der Waals surface area contributed by atoms with Crippen LogP contribution >= 0.6 is 28.3 Å². The van der Waals surface area contributed by atoms with Gasteiger partial charge in [-0.1, -0.05) is 15.9 Å². The third-order valence-electron chi connectivity index (χ3n) is 3.63. The number of piperazine rings is 1. The van der Waals surface area contributed by atoms with Crippen LogP contribution < -0.4 is 5.32 Å². The van der Waals surface area contributed by atoms with E-state index in [9.17, 15) is 22.0 Å². The van der Waals surface area contributed by atoms with Gasteiger partial charge in [-0.2, -0.15) is 13.2 Å². The number of benzene rings is 1. The lowest BCUT2D eigenvalue weighted by Crippen LogP contribution is -2.45. The van der Waals surface area contributed by atoms with Crippen molar-refractivity contribution in [2.24, 2.45) is 0 Å². The van der Waals surface area contributed by atoms with E-state index in [4.69, 9.17) is 0 Å². The molecule has 1 heterocycles. The topological polar surface area (TPSA) is 15.3 Å². The Morgan fingerprint density at radius 3 is 2.26 bits per heavy atom. The number of nitrogens with one attached hydrogen (secondary N) is 1. The normalized spacial score (nSPS) is 17.9. The van der Waals surface area contributed by atoms with Gasteiger partial charge in [-0.05, 0) is 23.8 Å². The van der Waals surface area contributed by atoms with Crippen molar-refractivity contribution in [1.82, 2.24) is 10.2 Å². The molecule has 0 unspecified atom stereocenters. The van der Waals surface area contributed by atoms with Crippen LogP contribution in [0.15, 0.2) is 22.7 Å². The van der Waals surface area contributed by atoms with Gasteiger partial charge >= 0.3 is 6.18 Å². The highest BCUT2D eigenvalue weighted by Crippen LogP contribution is 2.36. The van der Waals surface area contributed by atoms with Crippen LogP contribution in [0.1, 0.15) is 23.6 Å². The number of rotatable bonds is 4. The summed E-state index contributed by atoms with van der Waals surface area (Å²) in [6.45, 7) is 2.34. The van der Waals surface area contributed by atoms with E-state index in [0.717, 1.165) is 12.1 Å². The van der Waals surface area contributed by atoms with Crippen molar-refractivity contribution in [3.63, 3.8) is 0 Å². The summed E-state index contributed by atoms with van der Waals surface area (Å²) in [7, 11) is 0. The molecule has 0 aromatic heterocycles. The van der Waals surface area contributed by atoms with Gasteiger partial charge in [0.25, 0.3) is 0 Å². The Kier molecular flexibility index (Phi) is 7.70. The van der Waals surface area contributed by atoms with Crippen LogP contribution in [-0.2, 0) is 6.18 Å². The molecular formula is C14H17BrClF5N2. The average Bonchev–Trinajstić information content (AvgIpc) is 2.44. The summed E-state index contributed by atoms with van der Waals surface area (Å²) in [6.07, 6.45) is -7.56. The summed E-state index contributed by atoms with van der Waals surface area (Å²) >= 11 is 3.05. The zero-order chi connectivity index (χ0) is 16.3. The SMILES string of the molecule is Cl.FC(F)C[C@H](c1cc(Br)cc(C(F)(F)F)c1)N1CCNCC1. The molecule has 1 aliphatic heterocycles. The van der Waals surface area contributed by atoms with E-state index >= 15 is 0 Å². The lowest BCUT2D eigenvalue weighted by Gasteiger charge is -2.35. The first-order chi connectivity index (χ1) is 10.3. The summed E-state index contributed by atoms with van der Waals surface area (Å²) in [6, 6.07) is 2.70. The number of hydrogen-bond donors (Lipinski definition) is 1. The van der Waals surface area contributed by atoms with Crippen molar-refractivity contribution >= 4 is 28.3 Å². The van der Waals surface area contributed by atoms with Crippen LogP contribution in [0, 0.1) is 0 Å². The largest absolute Gasteiger partial charge is 0.416 e. The third-order valence-corrected chi connectivity index (χ3v) is 4.08. The Balaban J connectivity index is 0.00000264. The second-order valence-electron chi connectivity index (χ2n) is 5.20. The number of nitrogens with zero attached hydrogens (tertiary/aromatic N) is 1. The minimum Gasteiger partial charge on any atom is -0.314 e. The molecule has 2 rings (SSSR count). The van der Waals surface area contributed by atoms with E-state index in [1.165, 1.54) is 6.07 Å². The highest BCUT2D eigenvalue weighted by molar-refractivity contribution is 9.10. The molecule has 1 aromatic rings. The van der Waals surface area contributed by atoms with E-state index in [1.54, 1.807) is 0 Å². The molecule has 1 N–H and O–H groups in total. The van der Waals surface area contributed by atoms with E-state index in [0.29, 0.717) is 26.2 Å². The average molecular weight is 424 g/mol. The van der Waals surface area contributed by atoms with Gasteiger partial charge < -0.3 is 5.32 Å². The van der Waals surface area contributed by atoms with Gasteiger partial charge in [0.05, 0.1) is 5.56 Å². The molecule has 0 aliphatic carbocycles. The minimum atomic E-state index is -4.50. The fourth-order valence-electron chi connectivity index (χ4n) is 2.63. The molecule has 1 aliphatic rings. The van der Waals surface area contributed by atoms with Crippen LogP contribution in [0.5, 0.6) is 0 Å². The standard InChI is InChI=1S/C14H16BrF5N2.ClH/c15-11-6-9(5-10(7-11)14(18,19)20)12(8-13(16)17)22-3-1-21-2-4-22;/h5-7,12-13,21H,1-4,8H2;1H/t12-;/m1./s1. The maximum absolute atomic E-state index is 12.9. The van der Waals surface area contributed by atoms with Gasteiger partial charge in [0.1, 0.15) is 0 Å². The van der Waals surface area contributed by atoms with Gasteiger partial charge in [-0.15, -0.1) is 12.4 Å². The van der Waals surface area contributed by atoms with Crippen molar-refractivity contribution < 1.29 is 22.0 Å². The van der Waals surface area contributed by atoms with Crippen molar-refractivity contribution in [3.05, 3.63) is 33.8 Å². The molecule has 0 bridgehead atoms. The van der Waals surface area contributed by atoms with Gasteiger partial charge in [0, 0.05) is 43.1 Å². The Bertz CT molecular complexity index is 506. The predicted molar refractivity (Wildman–Crippen MR) is 84.2 cm³/mol. The molecule has 0 spiro atoms. The summed E-state index contributed by atoms with van der Waals surface area (Å²) in [5.41, 5.74) is -0.560. The molecule has 0 amide bonds. The molecule has 9 heteroatoms. The Morgan fingerprint density at radius 2 is 1.74 bits per heavy atom. The molecule has 0 radical (unpaired) electrons. The van der Waals surface area contributed by atoms with Crippen LogP contribution in [-0.4, -0.2) is 37.5 Å². The first kappa shape index (κ1) is 20.6. The molecule has 1 aromatic carbocycles. The summed E-state index contributed by atoms with van der Waals surface area (Å²) in [4.78, 5) is 1.81. The smallest absolute Gasteiger partial charge is 0.314 e. The zero-order valence-corrected chi connectivity index (χ0v) is 14.4. The van der Waals surface area contributed by atoms with Crippen molar-refractivity contribution in [2.45, 2.75) is 25.1 Å². The van der Waals surface area contributed by atoms with Gasteiger partial charge in [0.15, 0.2) is 0 Å². The highest BCUT2D eigenvalue weighted by Gasteiger charge is 2.33. The monoisotopic (exact) mass is 422 g/mol. The van der Waals surface area contributed by atoms with E-state index in [1.807, 2.05) is 4.90 Å². The molecule has 0 saturated carbocycles. The summed E-state index contributed by atoms with van der Waals surface area (Å²) in [5, 5.41) is 3.10. The quantitative estimate of drug-likeness (QED) is 0.718. The second-order valence-corrected chi connectivity index (χ2v) is 6.12. The van der Waals surface area contributed by atoms with Crippen molar-refractivity contribution in [1.29, 1.82) is 0 Å². The molecule has 2 nitrogen and oxygen atoms in total. The van der Waals surface area contributed by atoms with Crippen molar-refractivity contribution in [3.8, 4) is 0 Å². The van der Waals surface area contributed by atoms with Crippen LogP contribution in [0.25, 0.3) is 0 Å². The van der Waals surface area contributed by atoms with Crippen LogP contribution in [0.4, 0.5) is 22.0 Å². The second kappa shape index (κ2) is 8.60. The number of halogens is 7. The molecule has 1 fully saturated rings. The minimum absolute atomic E-state index is 0. The predicted octanol–water partition coefficient (Wildman–Crippen LogP) is 4.49. The highest BCUT2D eigenvalue weighted by atomic mass is 79.9. The maximum atomic E-state index is 12.9. The molecule has 132 valence electrons. The van der Waals surface area contributed by atoms with Gasteiger partial charge in [0.2, 0.25) is 6.43 Å². The van der Waals surface area contributed by atoms with Crippen LogP contribution in [0.2, 0.25) is 0 Å². The lowest BCUT2D eigenvalue weighted by atomic mass is 9.99. The summed E-state index contributed by atoms with van der Waals surface area (Å²) < 4.78 is 64.8. The maximum Gasteiger partial charge on any atom is 0.416 e. The number of alkyl halides is 5. The van der Waals surface area contributed by atoms with Gasteiger partial charge in [-0.3, -0.25) is 4.90 Å². The molecule has 1 atom stereocenters. The first-order valence-corrected chi connectivity index (χ1v) is 7.67. The Labute approximate surface area is 146 Å². The molecule has 23 heavy (non-hydrogen) atoms. The molecular weight excluding hydrogens is 407 g/mol. The first-order valence-electron chi connectivity index (χ1n) is 6.88. The Hall–Kier alpha value is -0.440. The van der Waals surface area contributed by atoms with Crippen LogP contribution in [0.3, 0.4) is 0 Å². The Morgan fingerprint density at radius 1 is 1.13 bits per heavy atom. The number of hydrogen-bond acceptors (Lipinski definition) is 2. The fourth-order valence-corrected chi connectivity index (χ4v) is 3.14. The summed E-state index contributed by atoms with van der Waals surface area (Å²) in [5.74, 6) is 0. The third kappa shape index (κ3) is 5.85. The van der Waals surface area contributed by atoms with E-state index in [-0.39, 0.29) is 22.4 Å². The fraction of sp³-hybridized carbons (Fsp3) is 0.571. The van der Waals surface area contributed by atoms with E-state index in [2.05, 4.69) is 21.2 Å².